The molecule has 0 spiro atoms. The van der Waals surface area contributed by atoms with E-state index in [0.717, 1.165) is 0 Å². The van der Waals surface area contributed by atoms with Gasteiger partial charge in [-0.3, -0.25) is 9.78 Å². The molecule has 3 rings (SSSR count). The number of rotatable bonds is 7. The number of aryl methyl sites for hydroxylation is 1. The van der Waals surface area contributed by atoms with E-state index in [0.29, 0.717) is 42.7 Å². The van der Waals surface area contributed by atoms with Gasteiger partial charge in [-0.2, -0.15) is 4.98 Å². The van der Waals surface area contributed by atoms with E-state index in [4.69, 9.17) is 10.3 Å². The second-order valence-electron chi connectivity index (χ2n) is 5.53. The van der Waals surface area contributed by atoms with Crippen molar-refractivity contribution in [3.63, 3.8) is 0 Å². The third-order valence-electron chi connectivity index (χ3n) is 3.69. The minimum Gasteiger partial charge on any atom is -0.355 e. The highest BCUT2D eigenvalue weighted by molar-refractivity contribution is 5.76. The minimum absolute atomic E-state index is 0.0475. The van der Waals surface area contributed by atoms with Crippen molar-refractivity contribution >= 4 is 5.91 Å². The van der Waals surface area contributed by atoms with Crippen molar-refractivity contribution in [2.45, 2.75) is 31.7 Å². The number of nitrogens with one attached hydrogen (secondary N) is 1. The lowest BCUT2D eigenvalue weighted by Gasteiger charge is -2.10. The van der Waals surface area contributed by atoms with Gasteiger partial charge in [0, 0.05) is 31.6 Å². The van der Waals surface area contributed by atoms with Crippen LogP contribution < -0.4 is 11.1 Å². The Morgan fingerprint density at radius 3 is 3.05 bits per heavy atom. The molecule has 1 fully saturated rings. The number of carbonyl (C=O) groups excluding carboxylic acids is 1. The second kappa shape index (κ2) is 6.65. The van der Waals surface area contributed by atoms with Crippen molar-refractivity contribution in [3.8, 4) is 11.5 Å². The van der Waals surface area contributed by atoms with Gasteiger partial charge in [0.15, 0.2) is 0 Å². The Morgan fingerprint density at radius 2 is 2.32 bits per heavy atom. The monoisotopic (exact) mass is 301 g/mol. The standard InChI is InChI=1S/C15H19N5O2/c16-11(10-4-5-10)9-18-13(21)6-7-14-19-15(20-22-14)12-3-1-2-8-17-12/h1-3,8,10-11H,4-7,9,16H2,(H,18,21). The lowest BCUT2D eigenvalue weighted by Crippen LogP contribution is -2.38. The van der Waals surface area contributed by atoms with Gasteiger partial charge in [0.2, 0.25) is 17.6 Å². The third-order valence-corrected chi connectivity index (χ3v) is 3.69. The summed E-state index contributed by atoms with van der Waals surface area (Å²) < 4.78 is 5.14. The van der Waals surface area contributed by atoms with E-state index in [9.17, 15) is 4.79 Å². The number of hydrogen-bond acceptors (Lipinski definition) is 6. The van der Waals surface area contributed by atoms with E-state index < -0.39 is 0 Å². The molecule has 0 bridgehead atoms. The van der Waals surface area contributed by atoms with E-state index in [-0.39, 0.29) is 11.9 Å². The van der Waals surface area contributed by atoms with Crippen LogP contribution in [0.3, 0.4) is 0 Å². The number of nitrogens with two attached hydrogens (primary N) is 1. The minimum atomic E-state index is -0.0475. The molecule has 7 nitrogen and oxygen atoms in total. The Hall–Kier alpha value is -2.28. The van der Waals surface area contributed by atoms with Crippen LogP contribution in [0, 0.1) is 5.92 Å². The van der Waals surface area contributed by atoms with E-state index >= 15 is 0 Å². The highest BCUT2D eigenvalue weighted by Crippen LogP contribution is 2.31. The zero-order valence-electron chi connectivity index (χ0n) is 12.2. The first-order valence-electron chi connectivity index (χ1n) is 7.48. The first-order valence-corrected chi connectivity index (χ1v) is 7.48. The van der Waals surface area contributed by atoms with Crippen molar-refractivity contribution in [3.05, 3.63) is 30.3 Å². The van der Waals surface area contributed by atoms with Crippen LogP contribution >= 0.6 is 0 Å². The summed E-state index contributed by atoms with van der Waals surface area (Å²) in [6.07, 6.45) is 4.73. The summed E-state index contributed by atoms with van der Waals surface area (Å²) in [5.74, 6) is 1.40. The average Bonchev–Trinajstić information content (AvgIpc) is 3.30. The molecular formula is C15H19N5O2. The Labute approximate surface area is 128 Å². The maximum absolute atomic E-state index is 11.8. The maximum Gasteiger partial charge on any atom is 0.227 e. The number of hydrogen-bond donors (Lipinski definition) is 2. The van der Waals surface area contributed by atoms with Crippen molar-refractivity contribution < 1.29 is 9.32 Å². The summed E-state index contributed by atoms with van der Waals surface area (Å²) in [7, 11) is 0. The quantitative estimate of drug-likeness (QED) is 0.787. The molecule has 22 heavy (non-hydrogen) atoms. The molecule has 2 aromatic heterocycles. The molecule has 2 aromatic rings. The Bertz CT molecular complexity index is 624. The Kier molecular flexibility index (Phi) is 4.43. The molecule has 1 atom stereocenters. The number of aromatic nitrogens is 3. The van der Waals surface area contributed by atoms with Crippen LogP contribution in [0.15, 0.2) is 28.9 Å². The summed E-state index contributed by atoms with van der Waals surface area (Å²) in [5, 5.41) is 6.72. The highest BCUT2D eigenvalue weighted by atomic mass is 16.5. The second-order valence-corrected chi connectivity index (χ2v) is 5.53. The van der Waals surface area contributed by atoms with Gasteiger partial charge in [-0.15, -0.1) is 0 Å². The molecule has 7 heteroatoms. The molecule has 0 aliphatic heterocycles. The molecule has 0 aromatic carbocycles. The third kappa shape index (κ3) is 3.88. The Balaban J connectivity index is 1.45. The molecule has 0 radical (unpaired) electrons. The van der Waals surface area contributed by atoms with Crippen LogP contribution in [0.5, 0.6) is 0 Å². The van der Waals surface area contributed by atoms with Gasteiger partial charge in [0.1, 0.15) is 5.69 Å². The summed E-state index contributed by atoms with van der Waals surface area (Å²) in [5.41, 5.74) is 6.59. The van der Waals surface area contributed by atoms with Gasteiger partial charge < -0.3 is 15.6 Å². The number of amides is 1. The SMILES string of the molecule is NC(CNC(=O)CCc1nc(-c2ccccn2)no1)C1CC1. The topological polar surface area (TPSA) is 107 Å². The molecule has 1 unspecified atom stereocenters. The van der Waals surface area contributed by atoms with E-state index in [2.05, 4.69) is 20.4 Å². The first kappa shape index (κ1) is 14.6. The van der Waals surface area contributed by atoms with Crippen LogP contribution in [-0.2, 0) is 11.2 Å². The molecule has 116 valence electrons. The molecule has 0 saturated heterocycles. The number of nitrogens with zero attached hydrogens (tertiary/aromatic N) is 3. The van der Waals surface area contributed by atoms with Crippen LogP contribution in [-0.4, -0.2) is 33.6 Å². The molecule has 2 heterocycles. The smallest absolute Gasteiger partial charge is 0.227 e. The number of pyridine rings is 1. The molecule has 1 aliphatic carbocycles. The highest BCUT2D eigenvalue weighted by Gasteiger charge is 2.28. The Morgan fingerprint density at radius 1 is 1.45 bits per heavy atom. The summed E-state index contributed by atoms with van der Waals surface area (Å²) in [6, 6.07) is 5.56. The zero-order valence-corrected chi connectivity index (χ0v) is 12.2. The zero-order chi connectivity index (χ0) is 15.4. The number of carbonyl (C=O) groups is 1. The van der Waals surface area contributed by atoms with Crippen LogP contribution in [0.25, 0.3) is 11.5 Å². The molecule has 1 amide bonds. The van der Waals surface area contributed by atoms with Crippen molar-refractivity contribution in [1.82, 2.24) is 20.4 Å². The normalized spacial score (nSPS) is 15.5. The van der Waals surface area contributed by atoms with Gasteiger partial charge >= 0.3 is 0 Å². The lowest BCUT2D eigenvalue weighted by molar-refractivity contribution is -0.121. The molecule has 1 aliphatic rings. The van der Waals surface area contributed by atoms with Crippen LogP contribution in [0.4, 0.5) is 0 Å². The van der Waals surface area contributed by atoms with Crippen molar-refractivity contribution in [1.29, 1.82) is 0 Å². The van der Waals surface area contributed by atoms with Crippen molar-refractivity contribution in [2.24, 2.45) is 11.7 Å². The van der Waals surface area contributed by atoms with Gasteiger partial charge in [-0.1, -0.05) is 11.2 Å². The molecule has 3 N–H and O–H groups in total. The van der Waals surface area contributed by atoms with E-state index in [1.54, 1.807) is 12.3 Å². The summed E-state index contributed by atoms with van der Waals surface area (Å²) in [4.78, 5) is 20.2. The van der Waals surface area contributed by atoms with Gasteiger partial charge in [-0.05, 0) is 30.9 Å². The molecule has 1 saturated carbocycles. The van der Waals surface area contributed by atoms with E-state index in [1.807, 2.05) is 12.1 Å². The lowest BCUT2D eigenvalue weighted by atomic mass is 10.2. The van der Waals surface area contributed by atoms with E-state index in [1.165, 1.54) is 12.8 Å². The molecular weight excluding hydrogens is 282 g/mol. The average molecular weight is 301 g/mol. The summed E-state index contributed by atoms with van der Waals surface area (Å²) >= 11 is 0. The predicted octanol–water partition coefficient (Wildman–Crippen LogP) is 0.918. The predicted molar refractivity (Wildman–Crippen MR) is 79.6 cm³/mol. The van der Waals surface area contributed by atoms with Gasteiger partial charge in [0.05, 0.1) is 0 Å². The van der Waals surface area contributed by atoms with Crippen LogP contribution in [0.1, 0.15) is 25.2 Å². The first-order chi connectivity index (χ1) is 10.7. The fourth-order valence-electron chi connectivity index (χ4n) is 2.19. The van der Waals surface area contributed by atoms with Crippen molar-refractivity contribution in [2.75, 3.05) is 6.54 Å². The summed E-state index contributed by atoms with van der Waals surface area (Å²) in [6.45, 7) is 0.534. The maximum atomic E-state index is 11.8. The largest absolute Gasteiger partial charge is 0.355 e. The fraction of sp³-hybridized carbons (Fsp3) is 0.467. The van der Waals surface area contributed by atoms with Crippen LogP contribution in [0.2, 0.25) is 0 Å². The van der Waals surface area contributed by atoms with Gasteiger partial charge in [-0.25, -0.2) is 0 Å². The van der Waals surface area contributed by atoms with Gasteiger partial charge in [0.25, 0.3) is 0 Å². The fourth-order valence-corrected chi connectivity index (χ4v) is 2.19.